The van der Waals surface area contributed by atoms with Crippen LogP contribution in [0.3, 0.4) is 0 Å². The number of aromatic nitrogens is 1. The zero-order chi connectivity index (χ0) is 23.4. The maximum atomic E-state index is 12.9. The van der Waals surface area contributed by atoms with E-state index >= 15 is 0 Å². The first kappa shape index (κ1) is 22.2. The predicted molar refractivity (Wildman–Crippen MR) is 120 cm³/mol. The quantitative estimate of drug-likeness (QED) is 0.428. The maximum Gasteiger partial charge on any atom is 0.333 e. The van der Waals surface area contributed by atoms with Crippen molar-refractivity contribution in [2.45, 2.75) is 19.8 Å². The van der Waals surface area contributed by atoms with Crippen molar-refractivity contribution < 1.29 is 23.9 Å². The molecule has 4 amide bonds. The molecule has 170 valence electrons. The highest BCUT2D eigenvalue weighted by atomic mass is 16.5. The summed E-state index contributed by atoms with van der Waals surface area (Å²) in [7, 11) is 0. The first-order valence-electron chi connectivity index (χ1n) is 10.8. The topological polar surface area (TPSA) is 109 Å². The highest BCUT2D eigenvalue weighted by molar-refractivity contribution is 6.28. The van der Waals surface area contributed by atoms with E-state index in [9.17, 15) is 19.2 Å². The molecule has 0 aliphatic carbocycles. The SMILES string of the molecule is CCOC(=O)C1CCN(C(=O)c2ccc(N3C(=O)N/C(=C\c4ccncc4)C3=O)cc2)CC1. The molecule has 1 aromatic carbocycles. The number of likely N-dealkylation sites (tertiary alicyclic amines) is 1. The molecule has 9 nitrogen and oxygen atoms in total. The minimum absolute atomic E-state index is 0.153. The van der Waals surface area contributed by atoms with Gasteiger partial charge in [-0.05, 0) is 67.8 Å². The molecule has 2 aromatic rings. The predicted octanol–water partition coefficient (Wildman–Crippen LogP) is 2.59. The van der Waals surface area contributed by atoms with E-state index in [4.69, 9.17) is 4.74 Å². The van der Waals surface area contributed by atoms with Gasteiger partial charge in [0.25, 0.3) is 11.8 Å². The zero-order valence-corrected chi connectivity index (χ0v) is 18.2. The average Bonchev–Trinajstić information content (AvgIpc) is 3.12. The number of nitrogens with zero attached hydrogens (tertiary/aromatic N) is 3. The van der Waals surface area contributed by atoms with Crippen molar-refractivity contribution in [1.29, 1.82) is 0 Å². The molecule has 33 heavy (non-hydrogen) atoms. The molecule has 4 rings (SSSR count). The fourth-order valence-corrected chi connectivity index (χ4v) is 3.91. The van der Waals surface area contributed by atoms with E-state index in [0.717, 1.165) is 10.5 Å². The Hall–Kier alpha value is -4.01. The highest BCUT2D eigenvalue weighted by Gasteiger charge is 2.35. The molecule has 2 aliphatic heterocycles. The minimum Gasteiger partial charge on any atom is -0.466 e. The molecule has 2 saturated heterocycles. The second kappa shape index (κ2) is 9.64. The van der Waals surface area contributed by atoms with E-state index in [1.165, 1.54) is 0 Å². The number of rotatable bonds is 5. The van der Waals surface area contributed by atoms with Crippen LogP contribution < -0.4 is 10.2 Å². The molecular formula is C24H24N4O5. The van der Waals surface area contributed by atoms with E-state index in [1.807, 2.05) is 0 Å². The first-order valence-corrected chi connectivity index (χ1v) is 10.8. The lowest BCUT2D eigenvalue weighted by atomic mass is 9.96. The summed E-state index contributed by atoms with van der Waals surface area (Å²) in [6, 6.07) is 9.24. The molecule has 2 aliphatic rings. The first-order chi connectivity index (χ1) is 16.0. The van der Waals surface area contributed by atoms with E-state index in [1.54, 1.807) is 66.7 Å². The standard InChI is InChI=1S/C24H24N4O5/c1-2-33-23(31)18-9-13-27(14-10-18)21(29)17-3-5-19(6-4-17)28-22(30)20(26-24(28)32)15-16-7-11-25-12-8-16/h3-8,11-12,15,18H,2,9-10,13-14H2,1H3,(H,26,32)/b20-15-. The summed E-state index contributed by atoms with van der Waals surface area (Å²) in [4.78, 5) is 56.6. The summed E-state index contributed by atoms with van der Waals surface area (Å²) in [6.07, 6.45) is 5.91. The van der Waals surface area contributed by atoms with Gasteiger partial charge in [0.05, 0.1) is 18.2 Å². The number of piperidine rings is 1. The van der Waals surface area contributed by atoms with Crippen LogP contribution in [0.2, 0.25) is 0 Å². The molecule has 3 heterocycles. The second-order valence-electron chi connectivity index (χ2n) is 7.77. The van der Waals surface area contributed by atoms with Crippen molar-refractivity contribution in [2.75, 3.05) is 24.6 Å². The van der Waals surface area contributed by atoms with Crippen LogP contribution in [-0.2, 0) is 14.3 Å². The van der Waals surface area contributed by atoms with Crippen LogP contribution in [0.1, 0.15) is 35.7 Å². The molecule has 0 saturated carbocycles. The van der Waals surface area contributed by atoms with Gasteiger partial charge < -0.3 is 15.0 Å². The number of nitrogens with one attached hydrogen (secondary N) is 1. The number of anilines is 1. The molecule has 1 N–H and O–H groups in total. The lowest BCUT2D eigenvalue weighted by molar-refractivity contribution is -0.149. The van der Waals surface area contributed by atoms with Crippen molar-refractivity contribution in [3.8, 4) is 0 Å². The summed E-state index contributed by atoms with van der Waals surface area (Å²) in [5.74, 6) is -1.01. The molecule has 0 unspecified atom stereocenters. The Labute approximate surface area is 191 Å². The van der Waals surface area contributed by atoms with Gasteiger partial charge in [-0.15, -0.1) is 0 Å². The number of carbonyl (C=O) groups is 4. The van der Waals surface area contributed by atoms with Gasteiger partial charge in [0.15, 0.2) is 0 Å². The summed E-state index contributed by atoms with van der Waals surface area (Å²) in [5, 5.41) is 2.58. The van der Waals surface area contributed by atoms with Gasteiger partial charge in [-0.2, -0.15) is 0 Å². The van der Waals surface area contributed by atoms with Gasteiger partial charge in [-0.3, -0.25) is 19.4 Å². The largest absolute Gasteiger partial charge is 0.466 e. The van der Waals surface area contributed by atoms with E-state index < -0.39 is 11.9 Å². The monoisotopic (exact) mass is 448 g/mol. The van der Waals surface area contributed by atoms with Crippen LogP contribution in [0.5, 0.6) is 0 Å². The van der Waals surface area contributed by atoms with Gasteiger partial charge in [0.2, 0.25) is 0 Å². The molecule has 0 bridgehead atoms. The fraction of sp³-hybridized carbons (Fsp3) is 0.292. The maximum absolute atomic E-state index is 12.9. The number of amides is 4. The van der Waals surface area contributed by atoms with Crippen LogP contribution in [0, 0.1) is 5.92 Å². The third-order valence-corrected chi connectivity index (χ3v) is 5.67. The molecule has 1 aromatic heterocycles. The second-order valence-corrected chi connectivity index (χ2v) is 7.77. The van der Waals surface area contributed by atoms with E-state index in [-0.39, 0.29) is 23.5 Å². The number of esters is 1. The molecule has 0 radical (unpaired) electrons. The third-order valence-electron chi connectivity index (χ3n) is 5.67. The molecule has 0 spiro atoms. The Balaban J connectivity index is 1.42. The molecular weight excluding hydrogens is 424 g/mol. The van der Waals surface area contributed by atoms with Crippen LogP contribution >= 0.6 is 0 Å². The lowest BCUT2D eigenvalue weighted by Crippen LogP contribution is -2.40. The Morgan fingerprint density at radius 1 is 1.09 bits per heavy atom. The fourth-order valence-electron chi connectivity index (χ4n) is 3.91. The van der Waals surface area contributed by atoms with Crippen molar-refractivity contribution in [3.05, 3.63) is 65.6 Å². The van der Waals surface area contributed by atoms with Crippen LogP contribution in [0.4, 0.5) is 10.5 Å². The van der Waals surface area contributed by atoms with Crippen LogP contribution in [-0.4, -0.2) is 53.4 Å². The lowest BCUT2D eigenvalue weighted by Gasteiger charge is -2.31. The Morgan fingerprint density at radius 2 is 1.76 bits per heavy atom. The van der Waals surface area contributed by atoms with Crippen molar-refractivity contribution in [3.63, 3.8) is 0 Å². The van der Waals surface area contributed by atoms with Gasteiger partial charge in [0.1, 0.15) is 5.70 Å². The number of pyridine rings is 1. The summed E-state index contributed by atoms with van der Waals surface area (Å²) < 4.78 is 5.07. The van der Waals surface area contributed by atoms with Crippen LogP contribution in [0.25, 0.3) is 6.08 Å². The van der Waals surface area contributed by atoms with Gasteiger partial charge in [0, 0.05) is 31.0 Å². The third kappa shape index (κ3) is 4.77. The number of benzene rings is 1. The van der Waals surface area contributed by atoms with Gasteiger partial charge in [-0.25, -0.2) is 9.69 Å². The zero-order valence-electron chi connectivity index (χ0n) is 18.2. The number of imide groups is 1. The summed E-state index contributed by atoms with van der Waals surface area (Å²) in [5.41, 5.74) is 1.72. The average molecular weight is 448 g/mol. The molecule has 0 atom stereocenters. The molecule has 9 heteroatoms. The molecule has 2 fully saturated rings. The number of ether oxygens (including phenoxy) is 1. The Bertz CT molecular complexity index is 1090. The smallest absolute Gasteiger partial charge is 0.333 e. The van der Waals surface area contributed by atoms with Crippen LogP contribution in [0.15, 0.2) is 54.5 Å². The normalized spacial score (nSPS) is 17.9. The highest BCUT2D eigenvalue weighted by Crippen LogP contribution is 2.24. The Morgan fingerprint density at radius 3 is 2.39 bits per heavy atom. The van der Waals surface area contributed by atoms with Crippen molar-refractivity contribution in [2.24, 2.45) is 5.92 Å². The van der Waals surface area contributed by atoms with Crippen molar-refractivity contribution >= 4 is 35.6 Å². The van der Waals surface area contributed by atoms with E-state index in [2.05, 4.69) is 10.3 Å². The summed E-state index contributed by atoms with van der Waals surface area (Å²) >= 11 is 0. The Kier molecular flexibility index (Phi) is 6.48. The number of hydrogen-bond acceptors (Lipinski definition) is 6. The van der Waals surface area contributed by atoms with Crippen molar-refractivity contribution in [1.82, 2.24) is 15.2 Å². The summed E-state index contributed by atoms with van der Waals surface area (Å²) in [6.45, 7) is 3.07. The minimum atomic E-state index is -0.555. The van der Waals surface area contributed by atoms with Gasteiger partial charge in [-0.1, -0.05) is 0 Å². The van der Waals surface area contributed by atoms with Gasteiger partial charge >= 0.3 is 12.0 Å². The van der Waals surface area contributed by atoms with E-state index in [0.29, 0.717) is 43.8 Å². The number of urea groups is 1. The number of hydrogen-bond donors (Lipinski definition) is 1. The number of carbonyl (C=O) groups excluding carboxylic acids is 4.